The van der Waals surface area contributed by atoms with Gasteiger partial charge in [0.1, 0.15) is 0 Å². The van der Waals surface area contributed by atoms with E-state index in [4.69, 9.17) is 5.11 Å². The summed E-state index contributed by atoms with van der Waals surface area (Å²) in [5, 5.41) is 11.7. The third-order valence-corrected chi connectivity index (χ3v) is 2.87. The maximum atomic E-state index is 11.7. The van der Waals surface area contributed by atoms with Gasteiger partial charge in [-0.2, -0.15) is 0 Å². The number of benzene rings is 1. The highest BCUT2D eigenvalue weighted by Crippen LogP contribution is 2.07. The largest absolute Gasteiger partial charge is 0.394 e. The van der Waals surface area contributed by atoms with E-state index in [9.17, 15) is 4.79 Å². The van der Waals surface area contributed by atoms with Crippen LogP contribution in [0.1, 0.15) is 23.7 Å². The van der Waals surface area contributed by atoms with Crippen LogP contribution in [0.4, 0.5) is 0 Å². The molecule has 15 heavy (non-hydrogen) atoms. The molecule has 0 aliphatic heterocycles. The highest BCUT2D eigenvalue weighted by atomic mass is 127. The lowest BCUT2D eigenvalue weighted by atomic mass is 10.2. The number of hydrogen-bond acceptors (Lipinski definition) is 2. The minimum absolute atomic E-state index is 0.0212. The first-order valence-corrected chi connectivity index (χ1v) is 5.92. The Hall–Kier alpha value is -0.620. The molecule has 0 aromatic heterocycles. The predicted molar refractivity (Wildman–Crippen MR) is 67.8 cm³/mol. The van der Waals surface area contributed by atoms with E-state index >= 15 is 0 Å². The van der Waals surface area contributed by atoms with E-state index in [-0.39, 0.29) is 18.6 Å². The van der Waals surface area contributed by atoms with E-state index in [0.29, 0.717) is 5.56 Å². The first kappa shape index (κ1) is 12.4. The monoisotopic (exact) mass is 319 g/mol. The summed E-state index contributed by atoms with van der Waals surface area (Å²) in [4.78, 5) is 11.7. The summed E-state index contributed by atoms with van der Waals surface area (Å²) in [6.45, 7) is 1.90. The Morgan fingerprint density at radius 1 is 1.47 bits per heavy atom. The van der Waals surface area contributed by atoms with Crippen LogP contribution in [0.2, 0.25) is 0 Å². The van der Waals surface area contributed by atoms with Crippen molar-refractivity contribution in [3.8, 4) is 0 Å². The minimum Gasteiger partial charge on any atom is -0.394 e. The summed E-state index contributed by atoms with van der Waals surface area (Å²) in [7, 11) is 0. The molecule has 0 aliphatic rings. The molecule has 1 amide bonds. The lowest BCUT2D eigenvalue weighted by molar-refractivity contribution is 0.0915. The van der Waals surface area contributed by atoms with Crippen molar-refractivity contribution < 1.29 is 9.90 Å². The fourth-order valence-electron chi connectivity index (χ4n) is 1.15. The molecule has 1 unspecified atom stereocenters. The molecule has 1 aromatic carbocycles. The van der Waals surface area contributed by atoms with Crippen LogP contribution in [-0.4, -0.2) is 23.7 Å². The fourth-order valence-corrected chi connectivity index (χ4v) is 1.51. The van der Waals surface area contributed by atoms with Gasteiger partial charge in [-0.05, 0) is 53.3 Å². The SMILES string of the molecule is CCC(CO)NC(=O)c1ccc(I)cc1. The zero-order chi connectivity index (χ0) is 11.3. The molecule has 0 spiro atoms. The summed E-state index contributed by atoms with van der Waals surface area (Å²) in [6.07, 6.45) is 0.729. The number of rotatable bonds is 4. The van der Waals surface area contributed by atoms with Gasteiger partial charge in [0, 0.05) is 9.13 Å². The zero-order valence-corrected chi connectivity index (χ0v) is 10.7. The number of halogens is 1. The molecule has 0 heterocycles. The van der Waals surface area contributed by atoms with Crippen molar-refractivity contribution in [3.63, 3.8) is 0 Å². The number of carbonyl (C=O) groups is 1. The van der Waals surface area contributed by atoms with Crippen LogP contribution in [0.3, 0.4) is 0 Å². The molecular formula is C11H14INO2. The molecule has 2 N–H and O–H groups in total. The average molecular weight is 319 g/mol. The molecule has 82 valence electrons. The minimum atomic E-state index is -0.156. The third-order valence-electron chi connectivity index (χ3n) is 2.15. The second-order valence-corrected chi connectivity index (χ2v) is 4.51. The number of hydrogen-bond donors (Lipinski definition) is 2. The average Bonchev–Trinajstić information content (AvgIpc) is 2.26. The van der Waals surface area contributed by atoms with Crippen LogP contribution in [0, 0.1) is 3.57 Å². The Bertz CT molecular complexity index is 320. The number of aliphatic hydroxyl groups is 1. The molecule has 0 aliphatic carbocycles. The smallest absolute Gasteiger partial charge is 0.251 e. The van der Waals surface area contributed by atoms with Crippen molar-refractivity contribution in [1.29, 1.82) is 0 Å². The first-order chi connectivity index (χ1) is 7.17. The van der Waals surface area contributed by atoms with Gasteiger partial charge in [0.25, 0.3) is 5.91 Å². The van der Waals surface area contributed by atoms with E-state index in [1.165, 1.54) is 0 Å². The maximum Gasteiger partial charge on any atom is 0.251 e. The third kappa shape index (κ3) is 3.79. The summed E-state index contributed by atoms with van der Waals surface area (Å²) in [5.41, 5.74) is 0.627. The summed E-state index contributed by atoms with van der Waals surface area (Å²) in [5.74, 6) is -0.132. The Balaban J connectivity index is 2.64. The number of amides is 1. The molecule has 3 nitrogen and oxygen atoms in total. The molecule has 1 rings (SSSR count). The Morgan fingerprint density at radius 3 is 2.53 bits per heavy atom. The van der Waals surface area contributed by atoms with Crippen LogP contribution in [0.15, 0.2) is 24.3 Å². The molecule has 0 saturated carbocycles. The maximum absolute atomic E-state index is 11.7. The van der Waals surface area contributed by atoms with Gasteiger partial charge in [-0.1, -0.05) is 6.92 Å². The number of aliphatic hydroxyl groups excluding tert-OH is 1. The molecule has 1 aromatic rings. The topological polar surface area (TPSA) is 49.3 Å². The molecule has 4 heteroatoms. The van der Waals surface area contributed by atoms with Crippen molar-refractivity contribution >= 4 is 28.5 Å². The number of carbonyl (C=O) groups excluding carboxylic acids is 1. The van der Waals surface area contributed by atoms with Crippen LogP contribution in [0.25, 0.3) is 0 Å². The van der Waals surface area contributed by atoms with Crippen LogP contribution < -0.4 is 5.32 Å². The van der Waals surface area contributed by atoms with Crippen molar-refractivity contribution in [2.45, 2.75) is 19.4 Å². The van der Waals surface area contributed by atoms with Crippen molar-refractivity contribution in [3.05, 3.63) is 33.4 Å². The van der Waals surface area contributed by atoms with Gasteiger partial charge in [-0.15, -0.1) is 0 Å². The lowest BCUT2D eigenvalue weighted by Gasteiger charge is -2.13. The quantitative estimate of drug-likeness (QED) is 0.832. The summed E-state index contributed by atoms with van der Waals surface area (Å²) >= 11 is 2.19. The van der Waals surface area contributed by atoms with E-state index in [0.717, 1.165) is 9.99 Å². The van der Waals surface area contributed by atoms with Crippen LogP contribution in [0.5, 0.6) is 0 Å². The van der Waals surface area contributed by atoms with Gasteiger partial charge >= 0.3 is 0 Å². The molecule has 0 fully saturated rings. The first-order valence-electron chi connectivity index (χ1n) is 4.84. The van der Waals surface area contributed by atoms with E-state index in [1.807, 2.05) is 19.1 Å². The Morgan fingerprint density at radius 2 is 2.07 bits per heavy atom. The van der Waals surface area contributed by atoms with Gasteiger partial charge in [-0.3, -0.25) is 4.79 Å². The molecular weight excluding hydrogens is 305 g/mol. The van der Waals surface area contributed by atoms with Crippen LogP contribution >= 0.6 is 22.6 Å². The Kier molecular flexibility index (Phi) is 5.04. The van der Waals surface area contributed by atoms with E-state index in [1.54, 1.807) is 12.1 Å². The molecule has 0 radical (unpaired) electrons. The predicted octanol–water partition coefficient (Wildman–Crippen LogP) is 1.79. The van der Waals surface area contributed by atoms with Gasteiger partial charge < -0.3 is 10.4 Å². The number of nitrogens with one attached hydrogen (secondary N) is 1. The zero-order valence-electron chi connectivity index (χ0n) is 8.53. The van der Waals surface area contributed by atoms with Crippen molar-refractivity contribution in [1.82, 2.24) is 5.32 Å². The normalized spacial score (nSPS) is 12.2. The lowest BCUT2D eigenvalue weighted by Crippen LogP contribution is -2.36. The van der Waals surface area contributed by atoms with Gasteiger partial charge in [0.05, 0.1) is 12.6 Å². The summed E-state index contributed by atoms with van der Waals surface area (Å²) < 4.78 is 1.10. The summed E-state index contributed by atoms with van der Waals surface area (Å²) in [6, 6.07) is 7.17. The second-order valence-electron chi connectivity index (χ2n) is 3.27. The van der Waals surface area contributed by atoms with Gasteiger partial charge in [0.15, 0.2) is 0 Å². The Labute approximate surface area is 103 Å². The molecule has 0 bridgehead atoms. The van der Waals surface area contributed by atoms with Gasteiger partial charge in [-0.25, -0.2) is 0 Å². The highest BCUT2D eigenvalue weighted by Gasteiger charge is 2.10. The second kappa shape index (κ2) is 6.07. The van der Waals surface area contributed by atoms with E-state index < -0.39 is 0 Å². The van der Waals surface area contributed by atoms with Crippen LogP contribution in [-0.2, 0) is 0 Å². The standard InChI is InChI=1S/C11H14INO2/c1-2-10(7-14)13-11(15)8-3-5-9(12)6-4-8/h3-6,10,14H,2,7H2,1H3,(H,13,15). The molecule has 0 saturated heterocycles. The van der Waals surface area contributed by atoms with Gasteiger partial charge in [0.2, 0.25) is 0 Å². The van der Waals surface area contributed by atoms with Crippen molar-refractivity contribution in [2.24, 2.45) is 0 Å². The van der Waals surface area contributed by atoms with E-state index in [2.05, 4.69) is 27.9 Å². The fraction of sp³-hybridized carbons (Fsp3) is 0.364. The highest BCUT2D eigenvalue weighted by molar-refractivity contribution is 14.1. The van der Waals surface area contributed by atoms with Crippen molar-refractivity contribution in [2.75, 3.05) is 6.61 Å². The molecule has 1 atom stereocenters.